The van der Waals surface area contributed by atoms with Crippen molar-refractivity contribution in [3.05, 3.63) is 64.7 Å². The van der Waals surface area contributed by atoms with E-state index in [1.165, 1.54) is 0 Å². The predicted molar refractivity (Wildman–Crippen MR) is 118 cm³/mol. The standard InChI is InChI=1S/C24H32ClNO3/c1-4-29-22-11-7-20(8-12-22)24(27,18(2)3)23(17-26-13-15-28-16-14-26)19-5-9-21(25)10-6-19/h5-12,18,23,27H,4,13-17H2,1-3H3/t23-,24-/m0/s1. The number of rotatable bonds is 8. The zero-order valence-electron chi connectivity index (χ0n) is 17.6. The molecule has 1 fully saturated rings. The number of ether oxygens (including phenoxy) is 2. The SMILES string of the molecule is CCOc1ccc([C@@](O)(C(C)C)[C@@H](CN2CCOCC2)c2ccc(Cl)cc2)cc1. The van der Waals surface area contributed by atoms with Crippen molar-refractivity contribution in [3.63, 3.8) is 0 Å². The van der Waals surface area contributed by atoms with E-state index in [0.717, 1.165) is 49.7 Å². The Hall–Kier alpha value is -1.59. The summed E-state index contributed by atoms with van der Waals surface area (Å²) in [4.78, 5) is 2.38. The Balaban J connectivity index is 2.01. The molecule has 0 aromatic heterocycles. The molecule has 2 atom stereocenters. The highest BCUT2D eigenvalue weighted by atomic mass is 35.5. The van der Waals surface area contributed by atoms with Gasteiger partial charge in [-0.05, 0) is 48.2 Å². The Morgan fingerprint density at radius 2 is 1.69 bits per heavy atom. The third-order valence-corrected chi connectivity index (χ3v) is 6.11. The zero-order chi connectivity index (χ0) is 20.9. The van der Waals surface area contributed by atoms with Crippen LogP contribution >= 0.6 is 11.6 Å². The molecule has 0 spiro atoms. The summed E-state index contributed by atoms with van der Waals surface area (Å²) in [6.07, 6.45) is 0. The molecule has 2 aromatic rings. The number of benzene rings is 2. The first-order chi connectivity index (χ1) is 13.9. The minimum atomic E-state index is -1.03. The number of morpholine rings is 1. The molecular weight excluding hydrogens is 386 g/mol. The van der Waals surface area contributed by atoms with Crippen molar-refractivity contribution in [1.82, 2.24) is 4.90 Å². The van der Waals surface area contributed by atoms with Gasteiger partial charge in [-0.1, -0.05) is 49.7 Å². The lowest BCUT2D eigenvalue weighted by atomic mass is 9.70. The summed E-state index contributed by atoms with van der Waals surface area (Å²) in [6, 6.07) is 15.8. The highest BCUT2D eigenvalue weighted by molar-refractivity contribution is 6.30. The molecule has 2 aromatic carbocycles. The quantitative estimate of drug-likeness (QED) is 0.676. The first-order valence-electron chi connectivity index (χ1n) is 10.5. The first-order valence-corrected chi connectivity index (χ1v) is 10.8. The van der Waals surface area contributed by atoms with E-state index in [9.17, 15) is 5.11 Å². The summed E-state index contributed by atoms with van der Waals surface area (Å²) in [7, 11) is 0. The second-order valence-corrected chi connectivity index (χ2v) is 8.39. The number of halogens is 1. The van der Waals surface area contributed by atoms with Gasteiger partial charge < -0.3 is 14.6 Å². The molecule has 0 unspecified atom stereocenters. The van der Waals surface area contributed by atoms with Crippen LogP contribution < -0.4 is 4.74 Å². The van der Waals surface area contributed by atoms with E-state index in [1.54, 1.807) is 0 Å². The number of hydrogen-bond acceptors (Lipinski definition) is 4. The van der Waals surface area contributed by atoms with Crippen LogP contribution in [0.15, 0.2) is 48.5 Å². The van der Waals surface area contributed by atoms with Crippen LogP contribution in [-0.2, 0) is 10.3 Å². The lowest BCUT2D eigenvalue weighted by Gasteiger charge is -2.43. The van der Waals surface area contributed by atoms with E-state index in [0.29, 0.717) is 11.6 Å². The molecule has 1 aliphatic rings. The molecule has 0 radical (unpaired) electrons. The van der Waals surface area contributed by atoms with Crippen LogP contribution in [0.3, 0.4) is 0 Å². The van der Waals surface area contributed by atoms with Gasteiger partial charge in [0.15, 0.2) is 0 Å². The summed E-state index contributed by atoms with van der Waals surface area (Å²) in [5.74, 6) is 0.733. The Kier molecular flexibility index (Phi) is 7.58. The molecular formula is C24H32ClNO3. The maximum Gasteiger partial charge on any atom is 0.119 e. The van der Waals surface area contributed by atoms with Crippen molar-refractivity contribution >= 4 is 11.6 Å². The summed E-state index contributed by atoms with van der Waals surface area (Å²) >= 11 is 6.15. The highest BCUT2D eigenvalue weighted by Gasteiger charge is 2.43. The molecule has 4 nitrogen and oxygen atoms in total. The van der Waals surface area contributed by atoms with Crippen molar-refractivity contribution in [2.45, 2.75) is 32.3 Å². The van der Waals surface area contributed by atoms with E-state index in [1.807, 2.05) is 55.5 Å². The third kappa shape index (κ3) is 5.13. The van der Waals surface area contributed by atoms with E-state index < -0.39 is 5.60 Å². The molecule has 0 saturated carbocycles. The molecule has 0 bridgehead atoms. The van der Waals surface area contributed by atoms with Crippen LogP contribution in [0.5, 0.6) is 5.75 Å². The normalized spacial score (nSPS) is 18.4. The lowest BCUT2D eigenvalue weighted by molar-refractivity contribution is -0.0547. The fourth-order valence-corrected chi connectivity index (χ4v) is 4.28. The van der Waals surface area contributed by atoms with Crippen molar-refractivity contribution in [1.29, 1.82) is 0 Å². The molecule has 29 heavy (non-hydrogen) atoms. The number of hydrogen-bond donors (Lipinski definition) is 1. The second kappa shape index (κ2) is 9.94. The smallest absolute Gasteiger partial charge is 0.119 e. The topological polar surface area (TPSA) is 41.9 Å². The van der Waals surface area contributed by atoms with Gasteiger partial charge in [-0.2, -0.15) is 0 Å². The van der Waals surface area contributed by atoms with E-state index >= 15 is 0 Å². The first kappa shape index (κ1) is 22.1. The van der Waals surface area contributed by atoms with Gasteiger partial charge in [-0.3, -0.25) is 4.90 Å². The van der Waals surface area contributed by atoms with E-state index in [-0.39, 0.29) is 11.8 Å². The molecule has 1 heterocycles. The van der Waals surface area contributed by atoms with Crippen molar-refractivity contribution in [2.75, 3.05) is 39.5 Å². The zero-order valence-corrected chi connectivity index (χ0v) is 18.4. The summed E-state index contributed by atoms with van der Waals surface area (Å²) in [6.45, 7) is 10.7. The fraction of sp³-hybridized carbons (Fsp3) is 0.500. The van der Waals surface area contributed by atoms with E-state index in [4.69, 9.17) is 21.1 Å². The Morgan fingerprint density at radius 3 is 2.24 bits per heavy atom. The Bertz CT molecular complexity index is 757. The number of aliphatic hydroxyl groups is 1. The van der Waals surface area contributed by atoms with Gasteiger partial charge in [-0.15, -0.1) is 0 Å². The van der Waals surface area contributed by atoms with Gasteiger partial charge in [0.05, 0.1) is 25.4 Å². The van der Waals surface area contributed by atoms with E-state index in [2.05, 4.69) is 18.7 Å². The second-order valence-electron chi connectivity index (χ2n) is 7.95. The van der Waals surface area contributed by atoms with Gasteiger partial charge in [0, 0.05) is 30.6 Å². The van der Waals surface area contributed by atoms with Gasteiger partial charge in [0.25, 0.3) is 0 Å². The fourth-order valence-electron chi connectivity index (χ4n) is 4.16. The maximum atomic E-state index is 12.2. The van der Waals surface area contributed by atoms with Crippen LogP contribution in [0.4, 0.5) is 0 Å². The van der Waals surface area contributed by atoms with Crippen LogP contribution in [0.2, 0.25) is 5.02 Å². The third-order valence-electron chi connectivity index (χ3n) is 5.86. The Labute approximate surface area is 179 Å². The van der Waals surface area contributed by atoms with Crippen LogP contribution in [-0.4, -0.2) is 49.5 Å². The molecule has 1 saturated heterocycles. The van der Waals surface area contributed by atoms with Crippen LogP contribution in [0.1, 0.15) is 37.8 Å². The summed E-state index contributed by atoms with van der Waals surface area (Å²) in [5, 5.41) is 12.9. The average molecular weight is 418 g/mol. The number of nitrogens with zero attached hydrogens (tertiary/aromatic N) is 1. The monoisotopic (exact) mass is 417 g/mol. The van der Waals surface area contributed by atoms with Crippen LogP contribution in [0, 0.1) is 5.92 Å². The van der Waals surface area contributed by atoms with Gasteiger partial charge in [0.1, 0.15) is 5.75 Å². The minimum absolute atomic E-state index is 0.0159. The van der Waals surface area contributed by atoms with Gasteiger partial charge in [0.2, 0.25) is 0 Å². The van der Waals surface area contributed by atoms with Gasteiger partial charge in [-0.25, -0.2) is 0 Å². The Morgan fingerprint density at radius 1 is 1.07 bits per heavy atom. The van der Waals surface area contributed by atoms with Crippen molar-refractivity contribution in [2.24, 2.45) is 5.92 Å². The summed E-state index contributed by atoms with van der Waals surface area (Å²) < 4.78 is 11.1. The van der Waals surface area contributed by atoms with Crippen LogP contribution in [0.25, 0.3) is 0 Å². The summed E-state index contributed by atoms with van der Waals surface area (Å²) in [5.41, 5.74) is 0.965. The molecule has 1 aliphatic heterocycles. The van der Waals surface area contributed by atoms with Gasteiger partial charge >= 0.3 is 0 Å². The molecule has 5 heteroatoms. The van der Waals surface area contributed by atoms with Crippen molar-refractivity contribution in [3.8, 4) is 5.75 Å². The maximum absolute atomic E-state index is 12.2. The largest absolute Gasteiger partial charge is 0.494 e. The molecule has 3 rings (SSSR count). The highest BCUT2D eigenvalue weighted by Crippen LogP contribution is 2.44. The predicted octanol–water partition coefficient (Wildman–Crippen LogP) is 4.70. The molecule has 0 aliphatic carbocycles. The van der Waals surface area contributed by atoms with Crippen molar-refractivity contribution < 1.29 is 14.6 Å². The molecule has 0 amide bonds. The molecule has 1 N–H and O–H groups in total. The lowest BCUT2D eigenvalue weighted by Crippen LogP contribution is -2.47. The minimum Gasteiger partial charge on any atom is -0.494 e. The average Bonchev–Trinajstić information content (AvgIpc) is 2.74. The molecule has 158 valence electrons.